The fourth-order valence-electron chi connectivity index (χ4n) is 2.82. The SMILES string of the molecule is COC(=O)C(=O)C1=C(c2ccccc2F)NC(=S)N[C@@H]1c1cccc(F)c1. The lowest BCUT2D eigenvalue weighted by Gasteiger charge is -2.31. The number of thiocarbonyl (C=S) groups is 1. The molecule has 1 aliphatic heterocycles. The molecular weight excluding hydrogens is 374 g/mol. The standard InChI is InChI=1S/C19H14F2N2O3S/c1-26-18(25)17(24)14-15(10-5-4-6-11(20)9-10)22-19(27)23-16(14)12-7-2-3-8-13(12)21/h2-9,15H,1H3,(H2,22,23,27)/t15-/m1/s1. The third-order valence-electron chi connectivity index (χ3n) is 4.01. The molecule has 5 nitrogen and oxygen atoms in total. The normalized spacial score (nSPS) is 16.4. The van der Waals surface area contributed by atoms with E-state index < -0.39 is 29.4 Å². The number of esters is 1. The van der Waals surface area contributed by atoms with Gasteiger partial charge in [0.15, 0.2) is 5.11 Å². The molecule has 138 valence electrons. The zero-order chi connectivity index (χ0) is 19.6. The molecule has 0 unspecified atom stereocenters. The molecule has 8 heteroatoms. The van der Waals surface area contributed by atoms with E-state index in [1.54, 1.807) is 12.1 Å². The quantitative estimate of drug-likeness (QED) is 0.477. The summed E-state index contributed by atoms with van der Waals surface area (Å²) in [5, 5.41) is 5.67. The number of ether oxygens (including phenoxy) is 1. The zero-order valence-electron chi connectivity index (χ0n) is 14.1. The van der Waals surface area contributed by atoms with E-state index >= 15 is 0 Å². The lowest BCUT2D eigenvalue weighted by molar-refractivity contribution is -0.150. The molecule has 27 heavy (non-hydrogen) atoms. The molecule has 0 fully saturated rings. The molecule has 0 spiro atoms. The maximum atomic E-state index is 14.4. The molecule has 2 aromatic rings. The Morgan fingerprint density at radius 2 is 1.85 bits per heavy atom. The number of rotatable bonds is 4. The fourth-order valence-corrected chi connectivity index (χ4v) is 3.04. The van der Waals surface area contributed by atoms with Crippen molar-refractivity contribution in [2.24, 2.45) is 0 Å². The predicted octanol–water partition coefficient (Wildman–Crippen LogP) is 2.64. The summed E-state index contributed by atoms with van der Waals surface area (Å²) in [4.78, 5) is 24.7. The largest absolute Gasteiger partial charge is 0.463 e. The predicted molar refractivity (Wildman–Crippen MR) is 98.4 cm³/mol. The van der Waals surface area contributed by atoms with Gasteiger partial charge in [-0.1, -0.05) is 24.3 Å². The number of hydrogen-bond acceptors (Lipinski definition) is 4. The molecule has 2 aromatic carbocycles. The van der Waals surface area contributed by atoms with Crippen LogP contribution >= 0.6 is 12.2 Å². The number of carbonyl (C=O) groups is 2. The van der Waals surface area contributed by atoms with Gasteiger partial charge in [0, 0.05) is 5.56 Å². The van der Waals surface area contributed by atoms with E-state index in [9.17, 15) is 18.4 Å². The maximum Gasteiger partial charge on any atom is 0.379 e. The minimum absolute atomic E-state index is 0.0292. The van der Waals surface area contributed by atoms with Gasteiger partial charge in [0.1, 0.15) is 11.6 Å². The van der Waals surface area contributed by atoms with E-state index in [-0.39, 0.29) is 21.9 Å². The summed E-state index contributed by atoms with van der Waals surface area (Å²) < 4.78 is 32.7. The third-order valence-corrected chi connectivity index (χ3v) is 4.23. The summed E-state index contributed by atoms with van der Waals surface area (Å²) in [6.07, 6.45) is 0. The van der Waals surface area contributed by atoms with Crippen LogP contribution in [0.25, 0.3) is 5.70 Å². The molecule has 1 aliphatic rings. The van der Waals surface area contributed by atoms with Crippen LogP contribution in [0.5, 0.6) is 0 Å². The Kier molecular flexibility index (Phi) is 5.27. The van der Waals surface area contributed by atoms with Crippen molar-refractivity contribution >= 4 is 34.8 Å². The smallest absolute Gasteiger partial charge is 0.379 e. The number of ketones is 1. The first-order valence-electron chi connectivity index (χ1n) is 7.87. The Labute approximate surface area is 159 Å². The van der Waals surface area contributed by atoms with E-state index in [0.717, 1.165) is 7.11 Å². The van der Waals surface area contributed by atoms with Crippen molar-refractivity contribution in [3.8, 4) is 0 Å². The minimum Gasteiger partial charge on any atom is -0.463 e. The maximum absolute atomic E-state index is 14.4. The van der Waals surface area contributed by atoms with Crippen LogP contribution < -0.4 is 10.6 Å². The van der Waals surface area contributed by atoms with E-state index in [2.05, 4.69) is 15.4 Å². The van der Waals surface area contributed by atoms with Gasteiger partial charge in [-0.25, -0.2) is 13.6 Å². The third kappa shape index (κ3) is 3.70. The van der Waals surface area contributed by atoms with Gasteiger partial charge in [-0.15, -0.1) is 0 Å². The lowest BCUT2D eigenvalue weighted by Crippen LogP contribution is -2.46. The van der Waals surface area contributed by atoms with Gasteiger partial charge in [-0.3, -0.25) is 4.79 Å². The van der Waals surface area contributed by atoms with Crippen LogP contribution in [0.1, 0.15) is 17.2 Å². The topological polar surface area (TPSA) is 67.4 Å². The monoisotopic (exact) mass is 388 g/mol. The molecular formula is C19H14F2N2O3S. The Morgan fingerprint density at radius 1 is 1.11 bits per heavy atom. The number of nitrogens with one attached hydrogen (secondary N) is 2. The summed E-state index contributed by atoms with van der Waals surface area (Å²) in [6.45, 7) is 0. The Balaban J connectivity index is 2.27. The van der Waals surface area contributed by atoms with Gasteiger partial charge < -0.3 is 15.4 Å². The molecule has 0 saturated carbocycles. The molecule has 1 atom stereocenters. The molecule has 0 aromatic heterocycles. The van der Waals surface area contributed by atoms with Crippen LogP contribution in [0.3, 0.4) is 0 Å². The van der Waals surface area contributed by atoms with Crippen molar-refractivity contribution in [2.45, 2.75) is 6.04 Å². The van der Waals surface area contributed by atoms with Gasteiger partial charge in [0.05, 0.1) is 24.4 Å². The van der Waals surface area contributed by atoms with E-state index in [4.69, 9.17) is 12.2 Å². The highest BCUT2D eigenvalue weighted by Gasteiger charge is 2.36. The average Bonchev–Trinajstić information content (AvgIpc) is 2.66. The van der Waals surface area contributed by atoms with Crippen LogP contribution in [0.15, 0.2) is 54.1 Å². The van der Waals surface area contributed by atoms with Crippen molar-refractivity contribution in [1.29, 1.82) is 0 Å². The number of carbonyl (C=O) groups excluding carboxylic acids is 2. The molecule has 0 aliphatic carbocycles. The Morgan fingerprint density at radius 3 is 2.52 bits per heavy atom. The molecule has 2 N–H and O–H groups in total. The molecule has 0 saturated heterocycles. The molecule has 0 bridgehead atoms. The van der Waals surface area contributed by atoms with Crippen LogP contribution in [0.4, 0.5) is 8.78 Å². The fraction of sp³-hybridized carbons (Fsp3) is 0.105. The van der Waals surface area contributed by atoms with E-state index in [1.807, 2.05) is 0 Å². The number of benzene rings is 2. The van der Waals surface area contributed by atoms with Gasteiger partial charge in [0.2, 0.25) is 0 Å². The highest BCUT2D eigenvalue weighted by atomic mass is 32.1. The zero-order valence-corrected chi connectivity index (χ0v) is 14.9. The second-order valence-corrected chi connectivity index (χ2v) is 6.08. The van der Waals surface area contributed by atoms with Gasteiger partial charge in [0.25, 0.3) is 5.78 Å². The van der Waals surface area contributed by atoms with Crippen molar-refractivity contribution in [3.63, 3.8) is 0 Å². The van der Waals surface area contributed by atoms with Crippen LogP contribution in [0, 0.1) is 11.6 Å². The van der Waals surface area contributed by atoms with E-state index in [1.165, 1.54) is 36.4 Å². The number of halogens is 2. The van der Waals surface area contributed by atoms with Crippen molar-refractivity contribution in [1.82, 2.24) is 10.6 Å². The number of methoxy groups -OCH3 is 1. The second kappa shape index (κ2) is 7.63. The first kappa shape index (κ1) is 18.7. The molecule has 0 amide bonds. The van der Waals surface area contributed by atoms with Crippen molar-refractivity contribution in [2.75, 3.05) is 7.11 Å². The van der Waals surface area contributed by atoms with Crippen LogP contribution in [-0.4, -0.2) is 24.0 Å². The average molecular weight is 388 g/mol. The summed E-state index contributed by atoms with van der Waals surface area (Å²) in [5.74, 6) is -3.27. The highest BCUT2D eigenvalue weighted by molar-refractivity contribution is 7.80. The minimum atomic E-state index is -1.13. The molecule has 0 radical (unpaired) electrons. The second-order valence-electron chi connectivity index (χ2n) is 5.68. The van der Waals surface area contributed by atoms with E-state index in [0.29, 0.717) is 5.56 Å². The molecule has 3 rings (SSSR count). The van der Waals surface area contributed by atoms with Crippen molar-refractivity contribution in [3.05, 3.63) is 76.9 Å². The summed E-state index contributed by atoms with van der Waals surface area (Å²) in [7, 11) is 1.06. The van der Waals surface area contributed by atoms with Gasteiger partial charge >= 0.3 is 5.97 Å². The highest BCUT2D eigenvalue weighted by Crippen LogP contribution is 2.33. The Bertz CT molecular complexity index is 975. The van der Waals surface area contributed by atoms with Gasteiger partial charge in [-0.05, 0) is 42.0 Å². The van der Waals surface area contributed by atoms with Crippen LogP contribution in [-0.2, 0) is 14.3 Å². The Hall–Kier alpha value is -3.13. The first-order chi connectivity index (χ1) is 12.9. The summed E-state index contributed by atoms with van der Waals surface area (Å²) in [6, 6.07) is 10.2. The summed E-state index contributed by atoms with van der Waals surface area (Å²) in [5.41, 5.74) is 0.308. The lowest BCUT2D eigenvalue weighted by atomic mass is 9.90. The van der Waals surface area contributed by atoms with Crippen LogP contribution in [0.2, 0.25) is 0 Å². The summed E-state index contributed by atoms with van der Waals surface area (Å²) >= 11 is 5.17. The number of Topliss-reactive ketones (excluding diaryl/α,β-unsaturated/α-hetero) is 1. The number of hydrogen-bond donors (Lipinski definition) is 2. The molecule has 1 heterocycles. The first-order valence-corrected chi connectivity index (χ1v) is 8.28. The van der Waals surface area contributed by atoms with Gasteiger partial charge in [-0.2, -0.15) is 0 Å². The van der Waals surface area contributed by atoms with Crippen molar-refractivity contribution < 1.29 is 23.1 Å².